The molecule has 4 heteroatoms. The van der Waals surface area contributed by atoms with Gasteiger partial charge in [-0.3, -0.25) is 0 Å². The van der Waals surface area contributed by atoms with E-state index >= 15 is 0 Å². The van der Waals surface area contributed by atoms with Gasteiger partial charge in [0.25, 0.3) is 0 Å². The van der Waals surface area contributed by atoms with Gasteiger partial charge in [-0.15, -0.1) is 0 Å². The summed E-state index contributed by atoms with van der Waals surface area (Å²) in [6.07, 6.45) is 3.77. The molecule has 1 aliphatic rings. The molecule has 1 heterocycles. The summed E-state index contributed by atoms with van der Waals surface area (Å²) in [4.78, 5) is 2.56. The van der Waals surface area contributed by atoms with Crippen LogP contribution in [-0.4, -0.2) is 30.6 Å². The fourth-order valence-electron chi connectivity index (χ4n) is 2.99. The molecule has 20 heavy (non-hydrogen) atoms. The van der Waals surface area contributed by atoms with Gasteiger partial charge in [0, 0.05) is 22.7 Å². The number of rotatable bonds is 5. The van der Waals surface area contributed by atoms with Gasteiger partial charge in [0.1, 0.15) is 5.82 Å². The third-order valence-electron chi connectivity index (χ3n) is 4.10. The van der Waals surface area contributed by atoms with E-state index in [9.17, 15) is 4.39 Å². The average molecular weight is 343 g/mol. The molecule has 1 aromatic rings. The van der Waals surface area contributed by atoms with Crippen molar-refractivity contribution >= 4 is 21.6 Å². The van der Waals surface area contributed by atoms with Crippen LogP contribution in [-0.2, 0) is 0 Å². The van der Waals surface area contributed by atoms with Gasteiger partial charge in [-0.05, 0) is 79.3 Å². The third kappa shape index (κ3) is 4.19. The van der Waals surface area contributed by atoms with Gasteiger partial charge in [-0.1, -0.05) is 6.92 Å². The Kier molecular flexibility index (Phi) is 5.85. The first kappa shape index (κ1) is 15.8. The van der Waals surface area contributed by atoms with Gasteiger partial charge >= 0.3 is 0 Å². The van der Waals surface area contributed by atoms with E-state index in [2.05, 4.69) is 40.0 Å². The first-order chi connectivity index (χ1) is 9.60. The first-order valence-electron chi connectivity index (χ1n) is 7.54. The fraction of sp³-hybridized carbons (Fsp3) is 0.625. The van der Waals surface area contributed by atoms with Crippen LogP contribution >= 0.6 is 15.9 Å². The van der Waals surface area contributed by atoms with Crippen LogP contribution in [0.15, 0.2) is 22.7 Å². The van der Waals surface area contributed by atoms with Crippen molar-refractivity contribution in [2.45, 2.75) is 39.2 Å². The van der Waals surface area contributed by atoms with Gasteiger partial charge in [-0.25, -0.2) is 4.39 Å². The zero-order valence-electron chi connectivity index (χ0n) is 12.3. The summed E-state index contributed by atoms with van der Waals surface area (Å²) in [5.74, 6) is 0.453. The number of anilines is 1. The minimum Gasteiger partial charge on any atom is -0.381 e. The van der Waals surface area contributed by atoms with Crippen molar-refractivity contribution in [1.82, 2.24) is 4.90 Å². The molecular weight excluding hydrogens is 319 g/mol. The molecule has 1 fully saturated rings. The Balaban J connectivity index is 1.95. The van der Waals surface area contributed by atoms with Crippen LogP contribution in [0, 0.1) is 11.7 Å². The van der Waals surface area contributed by atoms with Crippen molar-refractivity contribution in [1.29, 1.82) is 0 Å². The lowest BCUT2D eigenvalue weighted by Crippen LogP contribution is -2.42. The Morgan fingerprint density at radius 3 is 3.00 bits per heavy atom. The molecule has 0 aliphatic carbocycles. The molecular formula is C16H24BrFN2. The van der Waals surface area contributed by atoms with Crippen molar-refractivity contribution in [3.63, 3.8) is 0 Å². The monoisotopic (exact) mass is 342 g/mol. The highest BCUT2D eigenvalue weighted by atomic mass is 79.9. The molecule has 0 saturated carbocycles. The van der Waals surface area contributed by atoms with Crippen molar-refractivity contribution < 1.29 is 4.39 Å². The van der Waals surface area contributed by atoms with Crippen LogP contribution in [0.25, 0.3) is 0 Å². The van der Waals surface area contributed by atoms with Crippen LogP contribution in [0.1, 0.15) is 33.1 Å². The van der Waals surface area contributed by atoms with E-state index in [-0.39, 0.29) is 5.82 Å². The molecule has 112 valence electrons. The van der Waals surface area contributed by atoms with Crippen molar-refractivity contribution in [2.24, 2.45) is 5.92 Å². The number of nitrogens with one attached hydrogen (secondary N) is 1. The lowest BCUT2D eigenvalue weighted by atomic mass is 9.91. The molecule has 1 aromatic carbocycles. The quantitative estimate of drug-likeness (QED) is 0.846. The van der Waals surface area contributed by atoms with Crippen LogP contribution in [0.2, 0.25) is 0 Å². The van der Waals surface area contributed by atoms with Gasteiger partial charge in [0.15, 0.2) is 0 Å². The summed E-state index contributed by atoms with van der Waals surface area (Å²) in [6.45, 7) is 8.07. The van der Waals surface area contributed by atoms with Crippen LogP contribution in [0.3, 0.4) is 0 Å². The summed E-state index contributed by atoms with van der Waals surface area (Å²) < 4.78 is 13.9. The van der Waals surface area contributed by atoms with Crippen molar-refractivity contribution in [2.75, 3.05) is 25.0 Å². The second-order valence-corrected chi connectivity index (χ2v) is 6.61. The van der Waals surface area contributed by atoms with Crippen molar-refractivity contribution in [3.8, 4) is 0 Å². The summed E-state index contributed by atoms with van der Waals surface area (Å²) in [5, 5.41) is 3.53. The number of halogens is 2. The summed E-state index contributed by atoms with van der Waals surface area (Å²) in [5.41, 5.74) is 0.978. The molecule has 0 radical (unpaired) electrons. The molecule has 2 rings (SSSR count). The Bertz CT molecular complexity index is 436. The number of hydrogen-bond acceptors (Lipinski definition) is 2. The van der Waals surface area contributed by atoms with Crippen LogP contribution < -0.4 is 5.32 Å². The summed E-state index contributed by atoms with van der Waals surface area (Å²) >= 11 is 3.42. The molecule has 0 bridgehead atoms. The minimum absolute atomic E-state index is 0.207. The highest BCUT2D eigenvalue weighted by Crippen LogP contribution is 2.27. The Hall–Kier alpha value is -0.610. The fourth-order valence-corrected chi connectivity index (χ4v) is 3.45. The van der Waals surface area contributed by atoms with Gasteiger partial charge < -0.3 is 10.2 Å². The highest BCUT2D eigenvalue weighted by molar-refractivity contribution is 9.10. The first-order valence-corrected chi connectivity index (χ1v) is 8.33. The highest BCUT2D eigenvalue weighted by Gasteiger charge is 2.24. The van der Waals surface area contributed by atoms with E-state index in [1.54, 1.807) is 0 Å². The lowest BCUT2D eigenvalue weighted by Gasteiger charge is -2.36. The second kappa shape index (κ2) is 7.41. The van der Waals surface area contributed by atoms with E-state index in [0.717, 1.165) is 10.2 Å². The maximum Gasteiger partial charge on any atom is 0.124 e. The zero-order valence-corrected chi connectivity index (χ0v) is 13.9. The number of benzene rings is 1. The van der Waals surface area contributed by atoms with Crippen molar-refractivity contribution in [3.05, 3.63) is 28.5 Å². The lowest BCUT2D eigenvalue weighted by molar-refractivity contribution is 0.165. The molecule has 2 nitrogen and oxygen atoms in total. The van der Waals surface area contributed by atoms with Gasteiger partial charge in [-0.2, -0.15) is 0 Å². The molecule has 0 aromatic heterocycles. The molecule has 2 unspecified atom stereocenters. The van der Waals surface area contributed by atoms with Gasteiger partial charge in [0.2, 0.25) is 0 Å². The maximum absolute atomic E-state index is 13.1. The molecule has 2 atom stereocenters. The van der Waals surface area contributed by atoms with Gasteiger partial charge in [0.05, 0.1) is 0 Å². The predicted octanol–water partition coefficient (Wildman–Crippen LogP) is 4.51. The standard InChI is InChI=1S/C16H24BrFN2/c1-3-8-20-9-4-5-13(11-20)12(2)19-16-7-6-14(18)10-15(16)17/h6-7,10,12-13,19H,3-5,8-9,11H2,1-2H3. The number of hydrogen-bond donors (Lipinski definition) is 1. The second-order valence-electron chi connectivity index (χ2n) is 5.76. The summed E-state index contributed by atoms with van der Waals surface area (Å²) in [6, 6.07) is 5.22. The minimum atomic E-state index is -0.207. The largest absolute Gasteiger partial charge is 0.381 e. The molecule has 1 saturated heterocycles. The van der Waals surface area contributed by atoms with E-state index in [1.807, 2.05) is 6.07 Å². The molecule has 1 N–H and O–H groups in total. The molecule has 0 amide bonds. The zero-order chi connectivity index (χ0) is 14.5. The molecule has 1 aliphatic heterocycles. The van der Waals surface area contributed by atoms with E-state index in [4.69, 9.17) is 0 Å². The SMILES string of the molecule is CCCN1CCCC(C(C)Nc2ccc(F)cc2Br)C1. The Morgan fingerprint density at radius 2 is 2.30 bits per heavy atom. The Morgan fingerprint density at radius 1 is 1.50 bits per heavy atom. The topological polar surface area (TPSA) is 15.3 Å². The third-order valence-corrected chi connectivity index (χ3v) is 4.76. The molecule has 0 spiro atoms. The van der Waals surface area contributed by atoms with E-state index in [1.165, 1.54) is 51.0 Å². The summed E-state index contributed by atoms with van der Waals surface area (Å²) in [7, 11) is 0. The number of nitrogens with zero attached hydrogens (tertiary/aromatic N) is 1. The normalized spacial score (nSPS) is 21.7. The average Bonchev–Trinajstić information content (AvgIpc) is 2.42. The van der Waals surface area contributed by atoms with Crippen LogP contribution in [0.5, 0.6) is 0 Å². The predicted molar refractivity (Wildman–Crippen MR) is 86.6 cm³/mol. The van der Waals surface area contributed by atoms with E-state index < -0.39 is 0 Å². The maximum atomic E-state index is 13.1. The number of piperidine rings is 1. The van der Waals surface area contributed by atoms with Crippen LogP contribution in [0.4, 0.5) is 10.1 Å². The smallest absolute Gasteiger partial charge is 0.124 e. The Labute approximate surface area is 129 Å². The van der Waals surface area contributed by atoms with E-state index in [0.29, 0.717) is 12.0 Å². The number of likely N-dealkylation sites (tertiary alicyclic amines) is 1.